The van der Waals surface area contributed by atoms with Crippen LogP contribution in [-0.2, 0) is 11.2 Å². The first-order chi connectivity index (χ1) is 13.7. The van der Waals surface area contributed by atoms with Gasteiger partial charge >= 0.3 is 0 Å². The second-order valence-corrected chi connectivity index (χ2v) is 7.87. The molecule has 28 heavy (non-hydrogen) atoms. The van der Waals surface area contributed by atoms with Crippen LogP contribution in [0.3, 0.4) is 0 Å². The largest absolute Gasteiger partial charge is 0.486 e. The summed E-state index contributed by atoms with van der Waals surface area (Å²) in [6.07, 6.45) is 0.765. The van der Waals surface area contributed by atoms with E-state index in [2.05, 4.69) is 23.5 Å². The van der Waals surface area contributed by atoms with E-state index in [4.69, 9.17) is 9.47 Å². The summed E-state index contributed by atoms with van der Waals surface area (Å²) in [6, 6.07) is 20.0. The van der Waals surface area contributed by atoms with Gasteiger partial charge < -0.3 is 14.8 Å². The summed E-state index contributed by atoms with van der Waals surface area (Å²) in [5, 5.41) is 5.29. The fraction of sp³-hybridized carbons (Fsp3) is 0.261. The molecular formula is C23H23NO3S. The first kappa shape index (κ1) is 18.6. The molecule has 0 saturated heterocycles. The van der Waals surface area contributed by atoms with Crippen LogP contribution in [0.1, 0.15) is 34.9 Å². The van der Waals surface area contributed by atoms with E-state index in [-0.39, 0.29) is 17.9 Å². The Bertz CT molecular complexity index is 924. The molecule has 3 aromatic rings. The Balaban J connectivity index is 1.50. The van der Waals surface area contributed by atoms with Crippen LogP contribution < -0.4 is 14.8 Å². The molecule has 1 N–H and O–H groups in total. The number of nitrogens with one attached hydrogen (secondary N) is 1. The Hall–Kier alpha value is -2.79. The minimum Gasteiger partial charge on any atom is -0.486 e. The van der Waals surface area contributed by atoms with Crippen molar-refractivity contribution in [2.24, 2.45) is 0 Å². The van der Waals surface area contributed by atoms with Gasteiger partial charge in [0.1, 0.15) is 13.2 Å². The summed E-state index contributed by atoms with van der Waals surface area (Å²) < 4.78 is 11.2. The van der Waals surface area contributed by atoms with Crippen LogP contribution in [0.15, 0.2) is 66.0 Å². The highest BCUT2D eigenvalue weighted by atomic mass is 32.1. The van der Waals surface area contributed by atoms with Crippen LogP contribution in [0, 0.1) is 0 Å². The minimum absolute atomic E-state index is 0.00556. The summed E-state index contributed by atoms with van der Waals surface area (Å²) in [6.45, 7) is 3.02. The highest BCUT2D eigenvalue weighted by Gasteiger charge is 2.23. The maximum Gasteiger partial charge on any atom is 0.227 e. The average Bonchev–Trinajstić information content (AvgIpc) is 3.28. The van der Waals surface area contributed by atoms with E-state index in [1.165, 1.54) is 5.56 Å². The lowest BCUT2D eigenvalue weighted by molar-refractivity contribution is -0.122. The molecule has 144 valence electrons. The van der Waals surface area contributed by atoms with Crippen LogP contribution >= 0.6 is 11.3 Å². The molecule has 0 saturated carbocycles. The van der Waals surface area contributed by atoms with Crippen molar-refractivity contribution in [3.8, 4) is 11.5 Å². The van der Waals surface area contributed by atoms with E-state index in [0.717, 1.165) is 22.6 Å². The van der Waals surface area contributed by atoms with Crippen molar-refractivity contribution in [1.82, 2.24) is 5.32 Å². The zero-order valence-electron chi connectivity index (χ0n) is 15.8. The predicted octanol–water partition coefficient (Wildman–Crippen LogP) is 4.72. The van der Waals surface area contributed by atoms with Gasteiger partial charge in [-0.1, -0.05) is 42.5 Å². The van der Waals surface area contributed by atoms with Crippen molar-refractivity contribution >= 4 is 17.2 Å². The maximum absolute atomic E-state index is 13.0. The number of hydrogen-bond donors (Lipinski definition) is 1. The number of ether oxygens (including phenoxy) is 2. The molecular weight excluding hydrogens is 370 g/mol. The lowest BCUT2D eigenvalue weighted by atomic mass is 9.98. The van der Waals surface area contributed by atoms with Gasteiger partial charge in [0, 0.05) is 4.88 Å². The monoisotopic (exact) mass is 393 g/mol. The van der Waals surface area contributed by atoms with E-state index in [9.17, 15) is 4.79 Å². The molecule has 1 aromatic heterocycles. The quantitative estimate of drug-likeness (QED) is 0.659. The third-order valence-corrected chi connectivity index (χ3v) is 5.93. The molecule has 0 spiro atoms. The summed E-state index contributed by atoms with van der Waals surface area (Å²) in [7, 11) is 0. The second-order valence-electron chi connectivity index (χ2n) is 6.89. The first-order valence-electron chi connectivity index (χ1n) is 9.48. The molecule has 1 aliphatic rings. The number of carbonyl (C=O) groups excluding carboxylic acids is 1. The molecule has 0 radical (unpaired) electrons. The normalized spacial score (nSPS) is 14.9. The van der Waals surface area contributed by atoms with Gasteiger partial charge in [-0.25, -0.2) is 0 Å². The number of rotatable bonds is 6. The molecule has 2 unspecified atom stereocenters. The lowest BCUT2D eigenvalue weighted by Crippen LogP contribution is -2.32. The standard InChI is InChI=1S/C23H23NO3S/c1-16(18-9-10-20-21(15-18)27-12-11-26-20)23(25)24-19(22-8-5-13-28-22)14-17-6-3-2-4-7-17/h2-10,13,15-16,19H,11-12,14H2,1H3,(H,24,25). The van der Waals surface area contributed by atoms with Crippen molar-refractivity contribution in [3.63, 3.8) is 0 Å². The number of thiophene rings is 1. The molecule has 0 fully saturated rings. The molecule has 4 nitrogen and oxygen atoms in total. The summed E-state index contributed by atoms with van der Waals surface area (Å²) in [5.41, 5.74) is 2.12. The van der Waals surface area contributed by atoms with Crippen LogP contribution in [0.4, 0.5) is 0 Å². The van der Waals surface area contributed by atoms with Gasteiger partial charge in [-0.15, -0.1) is 11.3 Å². The zero-order chi connectivity index (χ0) is 19.3. The Morgan fingerprint density at radius 2 is 1.82 bits per heavy atom. The summed E-state index contributed by atoms with van der Waals surface area (Å²) in [5.74, 6) is 1.17. The van der Waals surface area contributed by atoms with Crippen molar-refractivity contribution < 1.29 is 14.3 Å². The van der Waals surface area contributed by atoms with Gasteiger partial charge in [-0.2, -0.15) is 0 Å². The lowest BCUT2D eigenvalue weighted by Gasteiger charge is -2.22. The Morgan fingerprint density at radius 1 is 1.04 bits per heavy atom. The van der Waals surface area contributed by atoms with Gasteiger partial charge in [0.15, 0.2) is 11.5 Å². The molecule has 1 amide bonds. The molecule has 1 aliphatic heterocycles. The number of benzene rings is 2. The topological polar surface area (TPSA) is 47.6 Å². The number of amides is 1. The smallest absolute Gasteiger partial charge is 0.227 e. The predicted molar refractivity (Wildman–Crippen MR) is 111 cm³/mol. The third kappa shape index (κ3) is 4.20. The molecule has 2 atom stereocenters. The minimum atomic E-state index is -0.283. The van der Waals surface area contributed by atoms with Crippen LogP contribution in [0.5, 0.6) is 11.5 Å². The summed E-state index contributed by atoms with van der Waals surface area (Å²) >= 11 is 1.67. The van der Waals surface area contributed by atoms with Crippen molar-refractivity contribution in [1.29, 1.82) is 0 Å². The van der Waals surface area contributed by atoms with Gasteiger partial charge in [0.05, 0.1) is 12.0 Å². The first-order valence-corrected chi connectivity index (χ1v) is 10.4. The van der Waals surface area contributed by atoms with E-state index in [0.29, 0.717) is 19.0 Å². The molecule has 2 heterocycles. The van der Waals surface area contributed by atoms with Crippen molar-refractivity contribution in [2.45, 2.75) is 25.3 Å². The Labute approximate surface area is 169 Å². The number of hydrogen-bond acceptors (Lipinski definition) is 4. The molecule has 0 bridgehead atoms. The Morgan fingerprint density at radius 3 is 2.57 bits per heavy atom. The van der Waals surface area contributed by atoms with Gasteiger partial charge in [-0.3, -0.25) is 4.79 Å². The van der Waals surface area contributed by atoms with Crippen molar-refractivity contribution in [3.05, 3.63) is 82.0 Å². The van der Waals surface area contributed by atoms with Crippen molar-refractivity contribution in [2.75, 3.05) is 13.2 Å². The fourth-order valence-electron chi connectivity index (χ4n) is 3.34. The highest BCUT2D eigenvalue weighted by molar-refractivity contribution is 7.10. The van der Waals surface area contributed by atoms with E-state index in [1.807, 2.05) is 54.8 Å². The van der Waals surface area contributed by atoms with E-state index in [1.54, 1.807) is 11.3 Å². The third-order valence-electron chi connectivity index (χ3n) is 4.95. The zero-order valence-corrected chi connectivity index (χ0v) is 16.6. The highest BCUT2D eigenvalue weighted by Crippen LogP contribution is 2.33. The van der Waals surface area contributed by atoms with Crippen LogP contribution in [-0.4, -0.2) is 19.1 Å². The van der Waals surface area contributed by atoms with E-state index < -0.39 is 0 Å². The van der Waals surface area contributed by atoms with E-state index >= 15 is 0 Å². The molecule has 4 rings (SSSR count). The Kier molecular flexibility index (Phi) is 5.63. The number of fused-ring (bicyclic) bond motifs is 1. The second kappa shape index (κ2) is 8.48. The summed E-state index contributed by atoms with van der Waals surface area (Å²) in [4.78, 5) is 14.2. The molecule has 5 heteroatoms. The van der Waals surface area contributed by atoms with Crippen LogP contribution in [0.25, 0.3) is 0 Å². The number of carbonyl (C=O) groups is 1. The van der Waals surface area contributed by atoms with Gasteiger partial charge in [0.25, 0.3) is 0 Å². The SMILES string of the molecule is CC(C(=O)NC(Cc1ccccc1)c1cccs1)c1ccc2c(c1)OCCO2. The molecule has 2 aromatic carbocycles. The maximum atomic E-state index is 13.0. The van der Waals surface area contributed by atoms with Gasteiger partial charge in [0.2, 0.25) is 5.91 Å². The van der Waals surface area contributed by atoms with Gasteiger partial charge in [-0.05, 0) is 48.1 Å². The fourth-order valence-corrected chi connectivity index (χ4v) is 4.12. The average molecular weight is 394 g/mol. The van der Waals surface area contributed by atoms with Crippen LogP contribution in [0.2, 0.25) is 0 Å². The molecule has 0 aliphatic carbocycles.